The SMILES string of the molecule is OCC1(CO)CS[C@H](c2cccc(O)c2)N1. The fraction of sp³-hybridized carbons (Fsp3) is 0.455. The number of aromatic hydroxyl groups is 1. The van der Waals surface area contributed by atoms with E-state index in [1.807, 2.05) is 6.07 Å². The molecule has 1 fully saturated rings. The van der Waals surface area contributed by atoms with Gasteiger partial charge < -0.3 is 15.3 Å². The number of phenols is 1. The van der Waals surface area contributed by atoms with Gasteiger partial charge in [0.2, 0.25) is 0 Å². The number of hydrogen-bond acceptors (Lipinski definition) is 5. The van der Waals surface area contributed by atoms with E-state index in [0.29, 0.717) is 5.75 Å². The van der Waals surface area contributed by atoms with E-state index < -0.39 is 5.54 Å². The average Bonchev–Trinajstić information content (AvgIpc) is 2.74. The Morgan fingerprint density at radius 2 is 2.12 bits per heavy atom. The third-order valence-electron chi connectivity index (χ3n) is 2.74. The highest BCUT2D eigenvalue weighted by molar-refractivity contribution is 7.99. The summed E-state index contributed by atoms with van der Waals surface area (Å²) in [5, 5.41) is 31.1. The monoisotopic (exact) mass is 241 g/mol. The highest BCUT2D eigenvalue weighted by Crippen LogP contribution is 2.37. The minimum Gasteiger partial charge on any atom is -0.508 e. The van der Waals surface area contributed by atoms with Crippen molar-refractivity contribution in [3.8, 4) is 5.75 Å². The highest BCUT2D eigenvalue weighted by Gasteiger charge is 2.38. The fourth-order valence-electron chi connectivity index (χ4n) is 1.70. The van der Waals surface area contributed by atoms with E-state index >= 15 is 0 Å². The lowest BCUT2D eigenvalue weighted by molar-refractivity contribution is 0.112. The van der Waals surface area contributed by atoms with Gasteiger partial charge >= 0.3 is 0 Å². The van der Waals surface area contributed by atoms with Crippen molar-refractivity contribution in [3.63, 3.8) is 0 Å². The molecule has 4 nitrogen and oxygen atoms in total. The molecule has 0 aromatic heterocycles. The first-order valence-corrected chi connectivity index (χ1v) is 6.14. The minimum atomic E-state index is -0.610. The van der Waals surface area contributed by atoms with Gasteiger partial charge in [-0.3, -0.25) is 5.32 Å². The van der Waals surface area contributed by atoms with E-state index in [0.717, 1.165) is 5.56 Å². The second-order valence-corrected chi connectivity index (χ2v) is 5.12. The molecule has 2 rings (SSSR count). The molecule has 1 atom stereocenters. The van der Waals surface area contributed by atoms with Crippen LogP contribution in [0.15, 0.2) is 24.3 Å². The summed E-state index contributed by atoms with van der Waals surface area (Å²) in [6, 6.07) is 7.00. The van der Waals surface area contributed by atoms with Crippen molar-refractivity contribution < 1.29 is 15.3 Å². The number of benzene rings is 1. The third kappa shape index (κ3) is 2.17. The Morgan fingerprint density at radius 3 is 2.69 bits per heavy atom. The van der Waals surface area contributed by atoms with Gasteiger partial charge in [-0.15, -0.1) is 11.8 Å². The summed E-state index contributed by atoms with van der Waals surface area (Å²) in [5.41, 5.74) is 0.342. The maximum Gasteiger partial charge on any atom is 0.115 e. The molecule has 0 saturated carbocycles. The molecule has 0 aliphatic carbocycles. The lowest BCUT2D eigenvalue weighted by Crippen LogP contribution is -2.49. The van der Waals surface area contributed by atoms with Gasteiger partial charge in [-0.05, 0) is 17.7 Å². The molecule has 88 valence electrons. The van der Waals surface area contributed by atoms with Gasteiger partial charge in [0.05, 0.1) is 24.1 Å². The van der Waals surface area contributed by atoms with Gasteiger partial charge in [0.15, 0.2) is 0 Å². The van der Waals surface area contributed by atoms with Crippen LogP contribution in [0.25, 0.3) is 0 Å². The van der Waals surface area contributed by atoms with E-state index in [4.69, 9.17) is 0 Å². The zero-order chi connectivity index (χ0) is 11.6. The molecular weight excluding hydrogens is 226 g/mol. The fourth-order valence-corrected chi connectivity index (χ4v) is 3.13. The standard InChI is InChI=1S/C11H15NO3S/c13-5-11(6-14)7-16-10(12-11)8-2-1-3-9(15)4-8/h1-4,10,12-15H,5-7H2/t10-/m1/s1. The van der Waals surface area contributed by atoms with Crippen LogP contribution in [0.1, 0.15) is 10.9 Å². The van der Waals surface area contributed by atoms with Gasteiger partial charge in [-0.25, -0.2) is 0 Å². The van der Waals surface area contributed by atoms with Gasteiger partial charge in [0, 0.05) is 5.75 Å². The number of rotatable bonds is 3. The number of thioether (sulfide) groups is 1. The summed E-state index contributed by atoms with van der Waals surface area (Å²) in [6.07, 6.45) is 0. The molecule has 5 heteroatoms. The molecular formula is C11H15NO3S. The molecule has 1 aliphatic rings. The zero-order valence-corrected chi connectivity index (χ0v) is 9.57. The minimum absolute atomic E-state index is 0.00593. The van der Waals surface area contributed by atoms with Gasteiger partial charge in [0.25, 0.3) is 0 Å². The molecule has 1 heterocycles. The summed E-state index contributed by atoms with van der Waals surface area (Å²) >= 11 is 1.62. The molecule has 4 N–H and O–H groups in total. The van der Waals surface area contributed by atoms with Gasteiger partial charge in [-0.2, -0.15) is 0 Å². The zero-order valence-electron chi connectivity index (χ0n) is 8.76. The summed E-state index contributed by atoms with van der Waals surface area (Å²) in [4.78, 5) is 0. The first kappa shape index (κ1) is 11.7. The van der Waals surface area contributed by atoms with E-state index in [1.54, 1.807) is 30.0 Å². The predicted octanol–water partition coefficient (Wildman–Crippen LogP) is 0.451. The van der Waals surface area contributed by atoms with Crippen molar-refractivity contribution in [1.29, 1.82) is 0 Å². The lowest BCUT2D eigenvalue weighted by atomic mass is 10.0. The topological polar surface area (TPSA) is 72.7 Å². The Bertz CT molecular complexity index is 368. The lowest BCUT2D eigenvalue weighted by Gasteiger charge is -2.24. The number of nitrogens with one attached hydrogen (secondary N) is 1. The van der Waals surface area contributed by atoms with Crippen molar-refractivity contribution in [2.45, 2.75) is 10.9 Å². The van der Waals surface area contributed by atoms with Gasteiger partial charge in [0.1, 0.15) is 5.75 Å². The van der Waals surface area contributed by atoms with Crippen LogP contribution in [0, 0.1) is 0 Å². The second-order valence-electron chi connectivity index (χ2n) is 4.03. The number of hydrogen-bond donors (Lipinski definition) is 4. The maximum atomic E-state index is 9.38. The smallest absolute Gasteiger partial charge is 0.115 e. The molecule has 0 bridgehead atoms. The van der Waals surface area contributed by atoms with Crippen LogP contribution in [0.3, 0.4) is 0 Å². The van der Waals surface area contributed by atoms with E-state index in [1.165, 1.54) is 0 Å². The Hall–Kier alpha value is -0.750. The molecule has 0 radical (unpaired) electrons. The Kier molecular flexibility index (Phi) is 3.39. The molecule has 0 unspecified atom stereocenters. The Labute approximate surface area is 98.3 Å². The van der Waals surface area contributed by atoms with Crippen molar-refractivity contribution in [1.82, 2.24) is 5.32 Å². The average molecular weight is 241 g/mol. The van der Waals surface area contributed by atoms with Crippen LogP contribution < -0.4 is 5.32 Å². The summed E-state index contributed by atoms with van der Waals surface area (Å²) < 4.78 is 0. The van der Waals surface area contributed by atoms with Crippen LogP contribution in [0.2, 0.25) is 0 Å². The summed E-state index contributed by atoms with van der Waals surface area (Å²) in [7, 11) is 0. The third-order valence-corrected chi connectivity index (χ3v) is 4.18. The first-order chi connectivity index (χ1) is 7.69. The second kappa shape index (κ2) is 4.63. The van der Waals surface area contributed by atoms with Crippen LogP contribution in [-0.4, -0.2) is 39.8 Å². The molecule has 1 saturated heterocycles. The highest BCUT2D eigenvalue weighted by atomic mass is 32.2. The Balaban J connectivity index is 2.14. The molecule has 0 spiro atoms. The van der Waals surface area contributed by atoms with E-state index in [2.05, 4.69) is 5.32 Å². The van der Waals surface area contributed by atoms with Crippen LogP contribution in [0.5, 0.6) is 5.75 Å². The van der Waals surface area contributed by atoms with Crippen LogP contribution >= 0.6 is 11.8 Å². The normalized spacial score (nSPS) is 23.5. The molecule has 16 heavy (non-hydrogen) atoms. The molecule has 0 amide bonds. The predicted molar refractivity (Wildman–Crippen MR) is 63.3 cm³/mol. The van der Waals surface area contributed by atoms with Crippen molar-refractivity contribution in [3.05, 3.63) is 29.8 Å². The number of phenolic OH excluding ortho intramolecular Hbond substituents is 1. The first-order valence-electron chi connectivity index (χ1n) is 5.09. The summed E-state index contributed by atoms with van der Waals surface area (Å²) in [6.45, 7) is -0.183. The summed E-state index contributed by atoms with van der Waals surface area (Å²) in [5.74, 6) is 0.880. The maximum absolute atomic E-state index is 9.38. The van der Waals surface area contributed by atoms with Crippen molar-refractivity contribution in [2.24, 2.45) is 0 Å². The van der Waals surface area contributed by atoms with Crippen molar-refractivity contribution in [2.75, 3.05) is 19.0 Å². The van der Waals surface area contributed by atoms with Gasteiger partial charge in [-0.1, -0.05) is 12.1 Å². The van der Waals surface area contributed by atoms with E-state index in [-0.39, 0.29) is 24.3 Å². The molecule has 1 aromatic carbocycles. The molecule has 1 aliphatic heterocycles. The number of aliphatic hydroxyl groups excluding tert-OH is 2. The van der Waals surface area contributed by atoms with Crippen molar-refractivity contribution >= 4 is 11.8 Å². The van der Waals surface area contributed by atoms with E-state index in [9.17, 15) is 15.3 Å². The number of aliphatic hydroxyl groups is 2. The Morgan fingerprint density at radius 1 is 1.38 bits per heavy atom. The van der Waals surface area contributed by atoms with Crippen LogP contribution in [0.4, 0.5) is 0 Å². The largest absolute Gasteiger partial charge is 0.508 e. The van der Waals surface area contributed by atoms with Crippen LogP contribution in [-0.2, 0) is 0 Å². The quantitative estimate of drug-likeness (QED) is 0.618. The molecule has 1 aromatic rings.